The molecule has 1 spiro atoms. The quantitative estimate of drug-likeness (QED) is 0.653. The van der Waals surface area contributed by atoms with E-state index in [2.05, 4.69) is 36.2 Å². The number of benzene rings is 1. The molecular weight excluding hydrogens is 170 g/mol. The lowest BCUT2D eigenvalue weighted by molar-refractivity contribution is 0.547. The number of anilines is 1. The zero-order valence-corrected chi connectivity index (χ0v) is 8.34. The summed E-state index contributed by atoms with van der Waals surface area (Å²) in [7, 11) is 0. The maximum absolute atomic E-state index is 4.19. The van der Waals surface area contributed by atoms with Crippen molar-refractivity contribution in [3.05, 3.63) is 42.1 Å². The van der Waals surface area contributed by atoms with Crippen molar-refractivity contribution in [2.75, 3.05) is 5.32 Å². The van der Waals surface area contributed by atoms with Crippen LogP contribution in [-0.2, 0) is 5.41 Å². The van der Waals surface area contributed by atoms with Gasteiger partial charge in [-0.05, 0) is 24.5 Å². The third-order valence-corrected chi connectivity index (χ3v) is 3.76. The van der Waals surface area contributed by atoms with Crippen LogP contribution < -0.4 is 5.32 Å². The molecule has 14 heavy (non-hydrogen) atoms. The lowest BCUT2D eigenvalue weighted by Gasteiger charge is -2.24. The summed E-state index contributed by atoms with van der Waals surface area (Å²) in [6.07, 6.45) is 5.23. The van der Waals surface area contributed by atoms with Gasteiger partial charge >= 0.3 is 0 Å². The molecule has 1 aliphatic carbocycles. The van der Waals surface area contributed by atoms with Crippen molar-refractivity contribution in [3.63, 3.8) is 0 Å². The molecule has 1 aromatic carbocycles. The summed E-state index contributed by atoms with van der Waals surface area (Å²) in [6, 6.07) is 8.64. The second kappa shape index (κ2) is 2.63. The molecule has 1 saturated carbocycles. The number of rotatable bonds is 0. The Hall–Kier alpha value is -1.24. The molecule has 1 heteroatoms. The Labute approximate surface area is 84.8 Å². The first-order valence-electron chi connectivity index (χ1n) is 5.39. The Morgan fingerprint density at radius 3 is 2.64 bits per heavy atom. The standard InChI is InChI=1S/C13H15N/c1-10-13(8-4-5-9-13)11-6-2-3-7-12(11)14-10/h2-3,6-7,14H,1,4-5,8-9H2. The van der Waals surface area contributed by atoms with Crippen molar-refractivity contribution in [2.45, 2.75) is 31.1 Å². The molecule has 3 rings (SSSR count). The Morgan fingerprint density at radius 2 is 1.86 bits per heavy atom. The minimum atomic E-state index is 0.274. The number of hydrogen-bond donors (Lipinski definition) is 1. The fraction of sp³-hybridized carbons (Fsp3) is 0.385. The van der Waals surface area contributed by atoms with Crippen LogP contribution in [0.4, 0.5) is 5.69 Å². The van der Waals surface area contributed by atoms with Gasteiger partial charge in [-0.25, -0.2) is 0 Å². The van der Waals surface area contributed by atoms with Gasteiger partial charge in [0.15, 0.2) is 0 Å². The summed E-state index contributed by atoms with van der Waals surface area (Å²) in [5.41, 5.74) is 4.24. The molecule has 1 aliphatic heterocycles. The van der Waals surface area contributed by atoms with Crippen LogP contribution >= 0.6 is 0 Å². The highest BCUT2D eigenvalue weighted by atomic mass is 15.0. The second-order valence-corrected chi connectivity index (χ2v) is 4.44. The minimum absolute atomic E-state index is 0.274. The molecule has 1 fully saturated rings. The Bertz CT molecular complexity index is 386. The van der Waals surface area contributed by atoms with Crippen molar-refractivity contribution in [2.24, 2.45) is 0 Å². The maximum Gasteiger partial charge on any atom is 0.0424 e. The number of hydrogen-bond acceptors (Lipinski definition) is 1. The van der Waals surface area contributed by atoms with Crippen LogP contribution in [0.5, 0.6) is 0 Å². The molecule has 1 nitrogen and oxygen atoms in total. The van der Waals surface area contributed by atoms with E-state index in [1.165, 1.54) is 42.6 Å². The Kier molecular flexibility index (Phi) is 1.52. The first-order chi connectivity index (χ1) is 6.83. The monoisotopic (exact) mass is 185 g/mol. The van der Waals surface area contributed by atoms with Crippen molar-refractivity contribution < 1.29 is 0 Å². The predicted octanol–water partition coefficient (Wildman–Crippen LogP) is 3.44. The van der Waals surface area contributed by atoms with E-state index in [1.54, 1.807) is 0 Å². The topological polar surface area (TPSA) is 12.0 Å². The summed E-state index contributed by atoms with van der Waals surface area (Å²) in [4.78, 5) is 0. The molecule has 1 N–H and O–H groups in total. The average molecular weight is 185 g/mol. The number of fused-ring (bicyclic) bond motifs is 2. The van der Waals surface area contributed by atoms with Gasteiger partial charge < -0.3 is 5.32 Å². The fourth-order valence-corrected chi connectivity index (χ4v) is 3.00. The minimum Gasteiger partial charge on any atom is -0.358 e. The molecular formula is C13H15N. The van der Waals surface area contributed by atoms with E-state index >= 15 is 0 Å². The van der Waals surface area contributed by atoms with E-state index < -0.39 is 0 Å². The van der Waals surface area contributed by atoms with Crippen molar-refractivity contribution in [1.82, 2.24) is 0 Å². The summed E-state index contributed by atoms with van der Waals surface area (Å²) in [5.74, 6) is 0. The van der Waals surface area contributed by atoms with E-state index in [4.69, 9.17) is 0 Å². The number of para-hydroxylation sites is 1. The molecule has 72 valence electrons. The first-order valence-corrected chi connectivity index (χ1v) is 5.39. The van der Waals surface area contributed by atoms with Gasteiger partial charge in [0.2, 0.25) is 0 Å². The predicted molar refractivity (Wildman–Crippen MR) is 59.4 cm³/mol. The molecule has 2 aliphatic rings. The second-order valence-electron chi connectivity index (χ2n) is 4.44. The van der Waals surface area contributed by atoms with Crippen LogP contribution in [-0.4, -0.2) is 0 Å². The molecule has 0 unspecified atom stereocenters. The normalized spacial score (nSPS) is 22.4. The maximum atomic E-state index is 4.19. The van der Waals surface area contributed by atoms with Crippen LogP contribution in [0.2, 0.25) is 0 Å². The van der Waals surface area contributed by atoms with Gasteiger partial charge in [-0.2, -0.15) is 0 Å². The van der Waals surface area contributed by atoms with E-state index in [0.717, 1.165) is 0 Å². The third-order valence-electron chi connectivity index (χ3n) is 3.76. The lowest BCUT2D eigenvalue weighted by atomic mass is 9.79. The van der Waals surface area contributed by atoms with Gasteiger partial charge in [0, 0.05) is 16.8 Å². The van der Waals surface area contributed by atoms with Crippen LogP contribution in [0.25, 0.3) is 0 Å². The molecule has 0 amide bonds. The van der Waals surface area contributed by atoms with Gasteiger partial charge in [-0.15, -0.1) is 0 Å². The third kappa shape index (κ3) is 0.848. The van der Waals surface area contributed by atoms with Gasteiger partial charge in [0.25, 0.3) is 0 Å². The van der Waals surface area contributed by atoms with Gasteiger partial charge in [0.05, 0.1) is 0 Å². The molecule has 1 heterocycles. The largest absolute Gasteiger partial charge is 0.358 e. The van der Waals surface area contributed by atoms with E-state index in [1.807, 2.05) is 0 Å². The molecule has 1 aromatic rings. The van der Waals surface area contributed by atoms with Gasteiger partial charge in [-0.3, -0.25) is 0 Å². The van der Waals surface area contributed by atoms with E-state index in [9.17, 15) is 0 Å². The van der Waals surface area contributed by atoms with Gasteiger partial charge in [0.1, 0.15) is 0 Å². The lowest BCUT2D eigenvalue weighted by Crippen LogP contribution is -2.21. The number of nitrogens with one attached hydrogen (secondary N) is 1. The van der Waals surface area contributed by atoms with E-state index in [0.29, 0.717) is 0 Å². The summed E-state index contributed by atoms with van der Waals surface area (Å²) >= 11 is 0. The van der Waals surface area contributed by atoms with Crippen LogP contribution in [0.1, 0.15) is 31.2 Å². The summed E-state index contributed by atoms with van der Waals surface area (Å²) in [6.45, 7) is 4.19. The molecule has 0 bridgehead atoms. The van der Waals surface area contributed by atoms with Crippen molar-refractivity contribution >= 4 is 5.69 Å². The Morgan fingerprint density at radius 1 is 1.14 bits per heavy atom. The van der Waals surface area contributed by atoms with Crippen LogP contribution in [0.15, 0.2) is 36.5 Å². The van der Waals surface area contributed by atoms with Crippen LogP contribution in [0, 0.1) is 0 Å². The van der Waals surface area contributed by atoms with E-state index in [-0.39, 0.29) is 5.41 Å². The molecule has 0 radical (unpaired) electrons. The van der Waals surface area contributed by atoms with Crippen LogP contribution in [0.3, 0.4) is 0 Å². The Balaban J connectivity index is 2.18. The SMILES string of the molecule is C=C1Nc2ccccc2C12CCCC2. The van der Waals surface area contributed by atoms with Crippen molar-refractivity contribution in [3.8, 4) is 0 Å². The molecule has 0 aromatic heterocycles. The zero-order chi connectivity index (χ0) is 9.60. The van der Waals surface area contributed by atoms with Gasteiger partial charge in [-0.1, -0.05) is 37.6 Å². The first kappa shape index (κ1) is 8.10. The fourth-order valence-electron chi connectivity index (χ4n) is 3.00. The number of allylic oxidation sites excluding steroid dienone is 1. The summed E-state index contributed by atoms with van der Waals surface area (Å²) < 4.78 is 0. The highest BCUT2D eigenvalue weighted by molar-refractivity contribution is 5.68. The highest BCUT2D eigenvalue weighted by Gasteiger charge is 2.43. The molecule has 0 saturated heterocycles. The summed E-state index contributed by atoms with van der Waals surface area (Å²) in [5, 5.41) is 3.44. The zero-order valence-electron chi connectivity index (χ0n) is 8.34. The average Bonchev–Trinajstić information content (AvgIpc) is 2.77. The highest BCUT2D eigenvalue weighted by Crippen LogP contribution is 2.52. The molecule has 0 atom stereocenters. The smallest absolute Gasteiger partial charge is 0.0424 e. The van der Waals surface area contributed by atoms with Crippen molar-refractivity contribution in [1.29, 1.82) is 0 Å².